The summed E-state index contributed by atoms with van der Waals surface area (Å²) in [4.78, 5) is 29.5. The second kappa shape index (κ2) is 32.2. The van der Waals surface area contributed by atoms with Gasteiger partial charge in [0.15, 0.2) is 0 Å². The molecule has 660 valence electrons. The molecule has 12 heteroatoms. The lowest BCUT2D eigenvalue weighted by atomic mass is 10.00. The number of aromatic nitrogens is 9. The summed E-state index contributed by atoms with van der Waals surface area (Å²) >= 11 is 0. The van der Waals surface area contributed by atoms with E-state index >= 15 is 0 Å². The van der Waals surface area contributed by atoms with Gasteiger partial charge in [0, 0.05) is 71.5 Å². The standard InChI is InChI=1S/C46H27N3O.2C42H25N3O/c1-4-16-35-28(9-1)19-22-39-42(35)43-36-17-5-2-10-29(36)20-23-40(43)49(39)34-15-8-13-32(26-34)31-12-7-14-33(25-31)38-27-47-45-44-37-18-6-3-11-30(37)21-24-41(44)50-46(45)48-38;1-3-15-32-26(9-1)20-22-38-39(32)40-42(46-38)44-36(25-43-40)30-13-7-11-28(23-30)29-12-8-14-31(24-29)45-37-18-6-5-17-34(37)35-21-19-27-10-2-4-16-33(27)41(35)45;1-3-15-32-26(9-1)19-21-37-39(32)34-17-5-6-18-36(34)45(37)31-14-8-12-29(24-31)28-11-7-13-30(23-28)35-25-43-41-40-33-16-4-2-10-27(33)20-22-38(40)46-42(41)44-35/h1-27H;2*1-25H. The third-order valence-electron chi connectivity index (χ3n) is 28.7. The van der Waals surface area contributed by atoms with E-state index in [1.807, 2.05) is 67.1 Å². The highest BCUT2D eigenvalue weighted by Gasteiger charge is 2.25. The summed E-state index contributed by atoms with van der Waals surface area (Å²) in [7, 11) is 0. The average molecular weight is 1810 g/mol. The van der Waals surface area contributed by atoms with Gasteiger partial charge in [-0.05, 0) is 207 Å². The molecule has 0 unspecified atom stereocenters. The number of benzene rings is 22. The fourth-order valence-electron chi connectivity index (χ4n) is 22.2. The van der Waals surface area contributed by atoms with Crippen molar-refractivity contribution in [2.75, 3.05) is 0 Å². The number of para-hydroxylation sites is 2. The molecular formula is C130H77N9O3. The fourth-order valence-corrected chi connectivity index (χ4v) is 22.2. The van der Waals surface area contributed by atoms with E-state index in [1.54, 1.807) is 0 Å². The van der Waals surface area contributed by atoms with Crippen LogP contribution >= 0.6 is 0 Å². The minimum Gasteiger partial charge on any atom is -0.436 e. The molecule has 12 nitrogen and oxygen atoms in total. The van der Waals surface area contributed by atoms with Crippen molar-refractivity contribution in [2.45, 2.75) is 0 Å². The maximum atomic E-state index is 6.24. The van der Waals surface area contributed by atoms with Gasteiger partial charge in [0.2, 0.25) is 17.1 Å². The molecule has 142 heavy (non-hydrogen) atoms. The van der Waals surface area contributed by atoms with Gasteiger partial charge in [0.05, 0.1) is 84.9 Å². The molecule has 0 fully saturated rings. The first-order valence-electron chi connectivity index (χ1n) is 47.9. The van der Waals surface area contributed by atoms with E-state index in [-0.39, 0.29) is 0 Å². The van der Waals surface area contributed by atoms with E-state index in [4.69, 9.17) is 43.2 Å². The van der Waals surface area contributed by atoms with Crippen molar-refractivity contribution in [1.82, 2.24) is 43.6 Å². The third-order valence-corrected chi connectivity index (χ3v) is 28.7. The molecule has 0 aliphatic rings. The minimum atomic E-state index is 0.549. The molecule has 31 rings (SSSR count). The van der Waals surface area contributed by atoms with Crippen LogP contribution in [0.25, 0.3) is 292 Å². The molecule has 22 aromatic carbocycles. The third kappa shape index (κ3) is 12.9. The molecule has 31 aromatic rings. The van der Waals surface area contributed by atoms with E-state index in [2.05, 4.69) is 414 Å². The van der Waals surface area contributed by atoms with Crippen LogP contribution in [0.1, 0.15) is 0 Å². The van der Waals surface area contributed by atoms with E-state index in [0.29, 0.717) is 17.1 Å². The van der Waals surface area contributed by atoms with Crippen molar-refractivity contribution in [1.29, 1.82) is 0 Å². The number of fused-ring (bicyclic) bond motifs is 32. The minimum absolute atomic E-state index is 0.549. The molecule has 0 radical (unpaired) electrons. The van der Waals surface area contributed by atoms with Gasteiger partial charge < -0.3 is 27.0 Å². The van der Waals surface area contributed by atoms with Crippen molar-refractivity contribution in [3.63, 3.8) is 0 Å². The summed E-state index contributed by atoms with van der Waals surface area (Å²) in [6, 6.07) is 159. The predicted octanol–water partition coefficient (Wildman–Crippen LogP) is 34.5. The Morgan fingerprint density at radius 2 is 0.437 bits per heavy atom. The van der Waals surface area contributed by atoms with Crippen LogP contribution in [0, 0.1) is 0 Å². The Bertz CT molecular complexity index is 10600. The molecule has 0 aliphatic heterocycles. The fraction of sp³-hybridized carbons (Fsp3) is 0. The highest BCUT2D eigenvalue weighted by molar-refractivity contribution is 6.30. The SMILES string of the molecule is c1cc(-c2cccc(-n3c4ccc5ccccc5c4c4c5ccccc5ccc43)c2)cc(-c2cnc3c(n2)oc2ccc4ccccc4c23)c1.c1cc(-c2cccc(-n3c4ccccc4c4c5ccccc5ccc43)c2)cc(-c2cnc3c(n2)oc2ccc4ccccc4c23)c1.c1cc(-c2cccc(-n3c4ccccc4c4ccc5ccccc5c43)c2)cc(-c2cnc3c(n2)oc2ccc4ccccc4c23)c1. The molecule has 0 amide bonds. The lowest BCUT2D eigenvalue weighted by Gasteiger charge is -2.12. The number of furan rings is 3. The van der Waals surface area contributed by atoms with Crippen LogP contribution in [-0.4, -0.2) is 43.6 Å². The molecule has 9 aromatic heterocycles. The maximum absolute atomic E-state index is 6.24. The van der Waals surface area contributed by atoms with E-state index < -0.39 is 0 Å². The lowest BCUT2D eigenvalue weighted by Crippen LogP contribution is -1.95. The first kappa shape index (κ1) is 80.0. The van der Waals surface area contributed by atoms with Crippen LogP contribution < -0.4 is 0 Å². The maximum Gasteiger partial charge on any atom is 0.246 e. The van der Waals surface area contributed by atoms with Gasteiger partial charge >= 0.3 is 0 Å². The Hall–Kier alpha value is -19.3. The molecule has 0 atom stereocenters. The first-order valence-corrected chi connectivity index (χ1v) is 47.9. The largest absolute Gasteiger partial charge is 0.436 e. The summed E-state index contributed by atoms with van der Waals surface area (Å²) in [6.07, 6.45) is 5.58. The molecule has 0 saturated carbocycles. The molecule has 0 saturated heterocycles. The Balaban J connectivity index is 0.000000102. The summed E-state index contributed by atoms with van der Waals surface area (Å²) in [5, 5.41) is 27.5. The quantitative estimate of drug-likeness (QED) is 0.139. The Morgan fingerprint density at radius 1 is 0.169 bits per heavy atom. The molecule has 0 N–H and O–H groups in total. The highest BCUT2D eigenvalue weighted by Crippen LogP contribution is 2.47. The van der Waals surface area contributed by atoms with Gasteiger partial charge in [-0.25, -0.2) is 29.9 Å². The van der Waals surface area contributed by atoms with E-state index in [9.17, 15) is 0 Å². The van der Waals surface area contributed by atoms with Crippen molar-refractivity contribution in [3.05, 3.63) is 468 Å². The van der Waals surface area contributed by atoms with Gasteiger partial charge in [-0.3, -0.25) is 0 Å². The molecule has 9 heterocycles. The van der Waals surface area contributed by atoms with Gasteiger partial charge in [-0.2, -0.15) is 0 Å². The van der Waals surface area contributed by atoms with E-state index in [0.717, 1.165) is 166 Å². The lowest BCUT2D eigenvalue weighted by molar-refractivity contribution is 0.653. The second-order valence-corrected chi connectivity index (χ2v) is 36.7. The zero-order valence-electron chi connectivity index (χ0n) is 76.2. The van der Waals surface area contributed by atoms with Crippen molar-refractivity contribution >= 4 is 207 Å². The van der Waals surface area contributed by atoms with Gasteiger partial charge in [0.1, 0.15) is 33.3 Å². The number of hydrogen-bond acceptors (Lipinski definition) is 9. The van der Waals surface area contributed by atoms with Crippen molar-refractivity contribution < 1.29 is 13.3 Å². The Morgan fingerprint density at radius 3 is 0.824 bits per heavy atom. The summed E-state index contributed by atoms with van der Waals surface area (Å²) in [5.74, 6) is 0. The molecule has 0 aliphatic carbocycles. The topological polar surface area (TPSA) is 132 Å². The van der Waals surface area contributed by atoms with Crippen molar-refractivity contribution in [2.24, 2.45) is 0 Å². The highest BCUT2D eigenvalue weighted by atomic mass is 16.3. The normalized spacial score (nSPS) is 11.9. The van der Waals surface area contributed by atoms with Crippen LogP contribution in [0.5, 0.6) is 0 Å². The molecule has 0 spiro atoms. The summed E-state index contributed by atoms with van der Waals surface area (Å²) < 4.78 is 25.9. The summed E-state index contributed by atoms with van der Waals surface area (Å²) in [5.41, 5.74) is 29.1. The van der Waals surface area contributed by atoms with Crippen LogP contribution in [-0.2, 0) is 0 Å². The van der Waals surface area contributed by atoms with Crippen LogP contribution in [0.3, 0.4) is 0 Å². The first-order chi connectivity index (χ1) is 70.4. The number of rotatable bonds is 9. The monoisotopic (exact) mass is 1810 g/mol. The van der Waals surface area contributed by atoms with Gasteiger partial charge in [-0.1, -0.05) is 346 Å². The van der Waals surface area contributed by atoms with Crippen LogP contribution in [0.15, 0.2) is 481 Å². The second-order valence-electron chi connectivity index (χ2n) is 36.7. The van der Waals surface area contributed by atoms with Gasteiger partial charge in [-0.15, -0.1) is 0 Å². The Kier molecular flexibility index (Phi) is 18.1. The summed E-state index contributed by atoms with van der Waals surface area (Å²) in [6.45, 7) is 0. The van der Waals surface area contributed by atoms with Crippen LogP contribution in [0.2, 0.25) is 0 Å². The average Bonchev–Trinajstić information content (AvgIpc) is 1.57. The number of nitrogens with zero attached hydrogens (tertiary/aromatic N) is 9. The number of hydrogen-bond donors (Lipinski definition) is 0. The Labute approximate surface area is 810 Å². The van der Waals surface area contributed by atoms with Gasteiger partial charge in [0.25, 0.3) is 0 Å². The smallest absolute Gasteiger partial charge is 0.246 e. The zero-order valence-corrected chi connectivity index (χ0v) is 76.2. The molecular weight excluding hydrogens is 1740 g/mol. The van der Waals surface area contributed by atoms with Crippen molar-refractivity contribution in [3.8, 4) is 84.2 Å². The predicted molar refractivity (Wildman–Crippen MR) is 586 cm³/mol. The van der Waals surface area contributed by atoms with Crippen LogP contribution in [0.4, 0.5) is 0 Å². The van der Waals surface area contributed by atoms with E-state index in [1.165, 1.54) is 109 Å². The zero-order chi connectivity index (χ0) is 93.1. The molecule has 0 bridgehead atoms.